The molecule has 0 aliphatic heterocycles. The molecule has 0 aliphatic rings. The molecule has 2 aromatic rings. The highest BCUT2D eigenvalue weighted by atomic mass is 16.5. The van der Waals surface area contributed by atoms with Gasteiger partial charge < -0.3 is 15.2 Å². The van der Waals surface area contributed by atoms with Gasteiger partial charge in [0.15, 0.2) is 0 Å². The highest BCUT2D eigenvalue weighted by Crippen LogP contribution is 2.19. The molecule has 5 heteroatoms. The van der Waals surface area contributed by atoms with Crippen molar-refractivity contribution in [2.75, 3.05) is 7.11 Å². The number of carboxylic acids is 1. The Morgan fingerprint density at radius 3 is 2.41 bits per heavy atom. The van der Waals surface area contributed by atoms with Crippen LogP contribution in [0.2, 0.25) is 0 Å². The summed E-state index contributed by atoms with van der Waals surface area (Å²) >= 11 is 0. The number of carbonyl (C=O) groups is 2. The van der Waals surface area contributed by atoms with Crippen molar-refractivity contribution in [1.82, 2.24) is 5.32 Å². The van der Waals surface area contributed by atoms with E-state index in [1.54, 1.807) is 24.3 Å². The first-order valence-corrected chi connectivity index (χ1v) is 6.76. The quantitative estimate of drug-likeness (QED) is 0.890. The number of methoxy groups -OCH3 is 1. The number of nitrogens with one attached hydrogen (secondary N) is 1. The number of aryl methyl sites for hydroxylation is 1. The van der Waals surface area contributed by atoms with Crippen LogP contribution in [0.4, 0.5) is 0 Å². The Balaban J connectivity index is 2.08. The van der Waals surface area contributed by atoms with E-state index in [0.717, 1.165) is 5.56 Å². The minimum atomic E-state index is -1.07. The summed E-state index contributed by atoms with van der Waals surface area (Å²) in [6, 6.07) is 12.0. The molecule has 0 aromatic heterocycles. The van der Waals surface area contributed by atoms with Crippen molar-refractivity contribution in [3.63, 3.8) is 0 Å². The van der Waals surface area contributed by atoms with Crippen molar-refractivity contribution in [3.8, 4) is 5.75 Å². The number of hydrogen-bond donors (Lipinski definition) is 2. The Hall–Kier alpha value is -2.82. The molecular formula is C17H17NO4. The summed E-state index contributed by atoms with van der Waals surface area (Å²) in [7, 11) is 1.42. The van der Waals surface area contributed by atoms with E-state index in [2.05, 4.69) is 5.32 Å². The van der Waals surface area contributed by atoms with E-state index < -0.39 is 5.97 Å². The molecule has 0 saturated carbocycles. The molecule has 0 saturated heterocycles. The lowest BCUT2D eigenvalue weighted by Gasteiger charge is -2.09. The predicted molar refractivity (Wildman–Crippen MR) is 82.3 cm³/mol. The third-order valence-corrected chi connectivity index (χ3v) is 3.26. The van der Waals surface area contributed by atoms with Crippen LogP contribution in [0.1, 0.15) is 31.8 Å². The van der Waals surface area contributed by atoms with E-state index in [4.69, 9.17) is 9.84 Å². The van der Waals surface area contributed by atoms with Crippen LogP contribution in [0.25, 0.3) is 0 Å². The van der Waals surface area contributed by atoms with Gasteiger partial charge in [-0.25, -0.2) is 4.79 Å². The molecule has 0 radical (unpaired) electrons. The highest BCUT2D eigenvalue weighted by molar-refractivity contribution is 5.94. The van der Waals surface area contributed by atoms with Gasteiger partial charge in [0.25, 0.3) is 5.91 Å². The molecule has 0 atom stereocenters. The Morgan fingerprint density at radius 1 is 1.14 bits per heavy atom. The van der Waals surface area contributed by atoms with Crippen LogP contribution in [-0.4, -0.2) is 24.1 Å². The fraction of sp³-hybridized carbons (Fsp3) is 0.176. The predicted octanol–water partition coefficient (Wildman–Crippen LogP) is 2.63. The van der Waals surface area contributed by atoms with Gasteiger partial charge in [-0.15, -0.1) is 0 Å². The largest absolute Gasteiger partial charge is 0.496 e. The SMILES string of the molecule is COc1ccc(CNC(=O)c2ccc(C)cc2)cc1C(=O)O. The number of amides is 1. The molecule has 0 unspecified atom stereocenters. The fourth-order valence-corrected chi connectivity index (χ4v) is 2.02. The molecule has 0 aliphatic carbocycles. The molecule has 2 rings (SSSR count). The van der Waals surface area contributed by atoms with E-state index in [1.807, 2.05) is 19.1 Å². The van der Waals surface area contributed by atoms with Gasteiger partial charge >= 0.3 is 5.97 Å². The Morgan fingerprint density at radius 2 is 1.82 bits per heavy atom. The number of ether oxygens (including phenoxy) is 1. The molecule has 22 heavy (non-hydrogen) atoms. The summed E-state index contributed by atoms with van der Waals surface area (Å²) in [5, 5.41) is 11.9. The van der Waals surface area contributed by atoms with Gasteiger partial charge in [-0.3, -0.25) is 4.79 Å². The average molecular weight is 299 g/mol. The normalized spacial score (nSPS) is 10.1. The van der Waals surface area contributed by atoms with Crippen molar-refractivity contribution < 1.29 is 19.4 Å². The first-order chi connectivity index (χ1) is 10.5. The van der Waals surface area contributed by atoms with E-state index in [9.17, 15) is 9.59 Å². The maximum absolute atomic E-state index is 12.0. The summed E-state index contributed by atoms with van der Waals surface area (Å²) in [6.07, 6.45) is 0. The van der Waals surface area contributed by atoms with Crippen molar-refractivity contribution >= 4 is 11.9 Å². The summed E-state index contributed by atoms with van der Waals surface area (Å²) in [5.41, 5.74) is 2.42. The third-order valence-electron chi connectivity index (χ3n) is 3.26. The van der Waals surface area contributed by atoms with Gasteiger partial charge in [0.05, 0.1) is 7.11 Å². The zero-order valence-electron chi connectivity index (χ0n) is 12.4. The van der Waals surface area contributed by atoms with Gasteiger partial charge in [0.1, 0.15) is 11.3 Å². The number of hydrogen-bond acceptors (Lipinski definition) is 3. The topological polar surface area (TPSA) is 75.6 Å². The second-order valence-corrected chi connectivity index (χ2v) is 4.89. The molecular weight excluding hydrogens is 282 g/mol. The van der Waals surface area contributed by atoms with Crippen LogP contribution < -0.4 is 10.1 Å². The van der Waals surface area contributed by atoms with Crippen molar-refractivity contribution in [3.05, 3.63) is 64.7 Å². The van der Waals surface area contributed by atoms with Gasteiger partial charge in [-0.2, -0.15) is 0 Å². The minimum absolute atomic E-state index is 0.0737. The van der Waals surface area contributed by atoms with E-state index >= 15 is 0 Å². The number of rotatable bonds is 5. The second-order valence-electron chi connectivity index (χ2n) is 4.89. The van der Waals surface area contributed by atoms with Crippen LogP contribution in [0.15, 0.2) is 42.5 Å². The molecule has 114 valence electrons. The molecule has 0 fully saturated rings. The second kappa shape index (κ2) is 6.76. The van der Waals surface area contributed by atoms with Gasteiger partial charge in [0, 0.05) is 12.1 Å². The molecule has 2 aromatic carbocycles. The Kier molecular flexibility index (Phi) is 4.78. The molecule has 0 bridgehead atoms. The van der Waals surface area contributed by atoms with E-state index in [1.165, 1.54) is 13.2 Å². The van der Waals surface area contributed by atoms with Crippen molar-refractivity contribution in [1.29, 1.82) is 0 Å². The van der Waals surface area contributed by atoms with Crippen LogP contribution >= 0.6 is 0 Å². The third kappa shape index (κ3) is 3.63. The number of aromatic carboxylic acids is 1. The van der Waals surface area contributed by atoms with Gasteiger partial charge in [-0.05, 0) is 36.8 Å². The summed E-state index contributed by atoms with van der Waals surface area (Å²) < 4.78 is 5.00. The maximum atomic E-state index is 12.0. The number of benzene rings is 2. The molecule has 0 heterocycles. The smallest absolute Gasteiger partial charge is 0.339 e. The van der Waals surface area contributed by atoms with Crippen LogP contribution in [0, 0.1) is 6.92 Å². The Bertz CT molecular complexity index is 692. The lowest BCUT2D eigenvalue weighted by atomic mass is 10.1. The molecule has 5 nitrogen and oxygen atoms in total. The summed E-state index contributed by atoms with van der Waals surface area (Å²) in [4.78, 5) is 23.2. The fourth-order valence-electron chi connectivity index (χ4n) is 2.02. The zero-order chi connectivity index (χ0) is 16.1. The molecule has 2 N–H and O–H groups in total. The van der Waals surface area contributed by atoms with Crippen LogP contribution in [0.3, 0.4) is 0 Å². The lowest BCUT2D eigenvalue weighted by Crippen LogP contribution is -2.22. The number of carbonyl (C=O) groups excluding carboxylic acids is 1. The minimum Gasteiger partial charge on any atom is -0.496 e. The highest BCUT2D eigenvalue weighted by Gasteiger charge is 2.12. The molecule has 1 amide bonds. The van der Waals surface area contributed by atoms with Gasteiger partial charge in [0.2, 0.25) is 0 Å². The summed E-state index contributed by atoms with van der Waals surface area (Å²) in [5.74, 6) is -0.975. The first-order valence-electron chi connectivity index (χ1n) is 6.76. The number of carboxylic acid groups (broad SMARTS) is 1. The lowest BCUT2D eigenvalue weighted by molar-refractivity contribution is 0.0693. The average Bonchev–Trinajstić information content (AvgIpc) is 2.53. The summed E-state index contributed by atoms with van der Waals surface area (Å²) in [6.45, 7) is 2.20. The van der Waals surface area contributed by atoms with Crippen LogP contribution in [0.5, 0.6) is 5.75 Å². The standard InChI is InChI=1S/C17H17NO4/c1-11-3-6-13(7-4-11)16(19)18-10-12-5-8-15(22-2)14(9-12)17(20)21/h3-9H,10H2,1-2H3,(H,18,19)(H,20,21). The molecule has 0 spiro atoms. The Labute approximate surface area is 128 Å². The van der Waals surface area contributed by atoms with Crippen molar-refractivity contribution in [2.45, 2.75) is 13.5 Å². The van der Waals surface area contributed by atoms with E-state index in [-0.39, 0.29) is 18.0 Å². The van der Waals surface area contributed by atoms with Gasteiger partial charge in [-0.1, -0.05) is 23.8 Å². The van der Waals surface area contributed by atoms with E-state index in [0.29, 0.717) is 16.9 Å². The first kappa shape index (κ1) is 15.6. The zero-order valence-corrected chi connectivity index (χ0v) is 12.4. The van der Waals surface area contributed by atoms with Crippen LogP contribution in [-0.2, 0) is 6.54 Å². The maximum Gasteiger partial charge on any atom is 0.339 e. The monoisotopic (exact) mass is 299 g/mol. The van der Waals surface area contributed by atoms with Crippen molar-refractivity contribution in [2.24, 2.45) is 0 Å².